The van der Waals surface area contributed by atoms with Gasteiger partial charge in [0, 0.05) is 5.56 Å². The Kier molecular flexibility index (Phi) is 2.91. The molecule has 2 aliphatic heterocycles. The molecule has 6 heteroatoms. The summed E-state index contributed by atoms with van der Waals surface area (Å²) in [6.07, 6.45) is -0.755. The van der Waals surface area contributed by atoms with Crippen LogP contribution in [0.25, 0.3) is 0 Å². The zero-order valence-electron chi connectivity index (χ0n) is 10.3. The highest BCUT2D eigenvalue weighted by molar-refractivity contribution is 6.49. The van der Waals surface area contributed by atoms with E-state index in [-0.39, 0.29) is 12.5 Å². The van der Waals surface area contributed by atoms with Crippen LogP contribution in [0, 0.1) is 5.92 Å². The largest absolute Gasteiger partial charge is 0.466 e. The SMILES string of the molecule is COC(=O)[C@H]1ON=C2C(c3ccccc3)=NOC[C@@H]21. The molecule has 19 heavy (non-hydrogen) atoms. The number of carbonyl (C=O) groups excluding carboxylic acids is 1. The number of oxime groups is 2. The molecule has 0 aromatic heterocycles. The van der Waals surface area contributed by atoms with Crippen LogP contribution >= 0.6 is 0 Å². The van der Waals surface area contributed by atoms with Crippen molar-refractivity contribution in [2.45, 2.75) is 6.10 Å². The molecular formula is C13H12N2O4. The van der Waals surface area contributed by atoms with Crippen molar-refractivity contribution in [1.29, 1.82) is 0 Å². The van der Waals surface area contributed by atoms with Crippen LogP contribution in [-0.4, -0.2) is 37.2 Å². The number of ether oxygens (including phenoxy) is 1. The quantitative estimate of drug-likeness (QED) is 0.743. The highest BCUT2D eigenvalue weighted by Gasteiger charge is 2.45. The van der Waals surface area contributed by atoms with Crippen molar-refractivity contribution in [1.82, 2.24) is 0 Å². The van der Waals surface area contributed by atoms with Gasteiger partial charge in [-0.15, -0.1) is 0 Å². The summed E-state index contributed by atoms with van der Waals surface area (Å²) in [6.45, 7) is 0.259. The summed E-state index contributed by atoms with van der Waals surface area (Å²) in [5, 5.41) is 7.99. The number of hydrogen-bond acceptors (Lipinski definition) is 6. The van der Waals surface area contributed by atoms with Gasteiger partial charge in [-0.05, 0) is 0 Å². The number of benzene rings is 1. The summed E-state index contributed by atoms with van der Waals surface area (Å²) < 4.78 is 4.69. The summed E-state index contributed by atoms with van der Waals surface area (Å²) in [5.74, 6) is -0.734. The predicted octanol–water partition coefficient (Wildman–Crippen LogP) is 0.965. The Morgan fingerprint density at radius 2 is 2.11 bits per heavy atom. The van der Waals surface area contributed by atoms with E-state index in [0.717, 1.165) is 5.56 Å². The Balaban J connectivity index is 1.90. The first-order valence-electron chi connectivity index (χ1n) is 5.88. The molecule has 0 saturated carbocycles. The average Bonchev–Trinajstić information content (AvgIpc) is 2.91. The van der Waals surface area contributed by atoms with Crippen LogP contribution in [0.2, 0.25) is 0 Å². The molecule has 0 aliphatic carbocycles. The van der Waals surface area contributed by atoms with Crippen molar-refractivity contribution < 1.29 is 19.2 Å². The highest BCUT2D eigenvalue weighted by atomic mass is 16.7. The number of methoxy groups -OCH3 is 1. The molecule has 3 rings (SSSR count). The molecule has 98 valence electrons. The predicted molar refractivity (Wildman–Crippen MR) is 66.7 cm³/mol. The lowest BCUT2D eigenvalue weighted by Crippen LogP contribution is -2.40. The number of hydrogen-bond donors (Lipinski definition) is 0. The minimum absolute atomic E-state index is 0.259. The lowest BCUT2D eigenvalue weighted by atomic mass is 9.91. The van der Waals surface area contributed by atoms with Gasteiger partial charge in [0.05, 0.1) is 13.0 Å². The zero-order chi connectivity index (χ0) is 13.2. The van der Waals surface area contributed by atoms with E-state index >= 15 is 0 Å². The van der Waals surface area contributed by atoms with E-state index in [1.807, 2.05) is 30.3 Å². The van der Waals surface area contributed by atoms with Crippen molar-refractivity contribution >= 4 is 17.4 Å². The molecule has 6 nitrogen and oxygen atoms in total. The molecule has 2 aliphatic rings. The summed E-state index contributed by atoms with van der Waals surface area (Å²) in [6, 6.07) is 9.51. The van der Waals surface area contributed by atoms with Crippen molar-refractivity contribution in [3.8, 4) is 0 Å². The topological polar surface area (TPSA) is 69.5 Å². The lowest BCUT2D eigenvalue weighted by Gasteiger charge is -2.20. The molecule has 0 spiro atoms. The van der Waals surface area contributed by atoms with Crippen LogP contribution in [0.1, 0.15) is 5.56 Å². The molecule has 0 bridgehead atoms. The third-order valence-electron chi connectivity index (χ3n) is 3.11. The second kappa shape index (κ2) is 4.72. The standard InChI is InChI=1S/C13H12N2O4/c1-17-13(16)12-9-7-18-14-10(11(9)15-19-12)8-5-3-2-4-6-8/h2-6,9,12H,7H2,1H3/t9-,12-/m0/s1. The minimum atomic E-state index is -0.755. The van der Waals surface area contributed by atoms with Crippen LogP contribution in [0.3, 0.4) is 0 Å². The molecule has 0 amide bonds. The van der Waals surface area contributed by atoms with Crippen LogP contribution < -0.4 is 0 Å². The van der Waals surface area contributed by atoms with E-state index in [2.05, 4.69) is 10.3 Å². The zero-order valence-corrected chi connectivity index (χ0v) is 10.3. The maximum absolute atomic E-state index is 11.6. The van der Waals surface area contributed by atoms with E-state index in [1.54, 1.807) is 0 Å². The minimum Gasteiger partial charge on any atom is -0.466 e. The molecule has 0 N–H and O–H groups in total. The monoisotopic (exact) mass is 260 g/mol. The normalized spacial score (nSPS) is 24.5. The second-order valence-electron chi connectivity index (χ2n) is 4.23. The Bertz CT molecular complexity index is 553. The fourth-order valence-electron chi connectivity index (χ4n) is 2.13. The molecular weight excluding hydrogens is 248 g/mol. The van der Waals surface area contributed by atoms with Gasteiger partial charge in [0.25, 0.3) is 0 Å². The summed E-state index contributed by atoms with van der Waals surface area (Å²) in [5.41, 5.74) is 2.11. The molecule has 1 aromatic rings. The molecule has 1 aromatic carbocycles. The molecule has 0 radical (unpaired) electrons. The van der Waals surface area contributed by atoms with Crippen LogP contribution in [0.15, 0.2) is 40.6 Å². The van der Waals surface area contributed by atoms with Crippen molar-refractivity contribution in [2.75, 3.05) is 13.7 Å². The van der Waals surface area contributed by atoms with Crippen LogP contribution in [0.4, 0.5) is 0 Å². The Labute approximate surface area is 109 Å². The average molecular weight is 260 g/mol. The Morgan fingerprint density at radius 1 is 1.32 bits per heavy atom. The summed E-state index contributed by atoms with van der Waals surface area (Å²) in [4.78, 5) is 21.9. The van der Waals surface area contributed by atoms with E-state index in [0.29, 0.717) is 11.4 Å². The van der Waals surface area contributed by atoms with Crippen LogP contribution in [-0.2, 0) is 19.2 Å². The van der Waals surface area contributed by atoms with Gasteiger partial charge in [0.2, 0.25) is 6.10 Å². The fourth-order valence-corrected chi connectivity index (χ4v) is 2.13. The third-order valence-corrected chi connectivity index (χ3v) is 3.11. The van der Waals surface area contributed by atoms with Gasteiger partial charge in [-0.3, -0.25) is 0 Å². The lowest BCUT2D eigenvalue weighted by molar-refractivity contribution is -0.155. The first-order valence-corrected chi connectivity index (χ1v) is 5.88. The number of carbonyl (C=O) groups is 1. The number of rotatable bonds is 2. The highest BCUT2D eigenvalue weighted by Crippen LogP contribution is 2.26. The van der Waals surface area contributed by atoms with E-state index in [9.17, 15) is 4.79 Å². The molecule has 2 heterocycles. The number of fused-ring (bicyclic) bond motifs is 1. The van der Waals surface area contributed by atoms with Gasteiger partial charge in [0.15, 0.2) is 0 Å². The maximum Gasteiger partial charge on any atom is 0.350 e. The number of nitrogens with zero attached hydrogens (tertiary/aromatic N) is 2. The van der Waals surface area contributed by atoms with Crippen molar-refractivity contribution in [3.05, 3.63) is 35.9 Å². The second-order valence-corrected chi connectivity index (χ2v) is 4.23. The summed E-state index contributed by atoms with van der Waals surface area (Å²) >= 11 is 0. The molecule has 0 saturated heterocycles. The van der Waals surface area contributed by atoms with Gasteiger partial charge < -0.3 is 14.4 Å². The smallest absolute Gasteiger partial charge is 0.350 e. The Hall–Kier alpha value is -2.37. The van der Waals surface area contributed by atoms with E-state index in [1.165, 1.54) is 7.11 Å². The Morgan fingerprint density at radius 3 is 2.84 bits per heavy atom. The molecule has 2 atom stereocenters. The maximum atomic E-state index is 11.6. The first-order chi connectivity index (χ1) is 9.31. The van der Waals surface area contributed by atoms with Crippen molar-refractivity contribution in [2.24, 2.45) is 16.2 Å². The van der Waals surface area contributed by atoms with Gasteiger partial charge in [-0.1, -0.05) is 40.6 Å². The van der Waals surface area contributed by atoms with Crippen molar-refractivity contribution in [3.63, 3.8) is 0 Å². The first kappa shape index (κ1) is 11.7. The van der Waals surface area contributed by atoms with Gasteiger partial charge in [-0.25, -0.2) is 4.79 Å². The molecule has 0 unspecified atom stereocenters. The van der Waals surface area contributed by atoms with E-state index in [4.69, 9.17) is 14.4 Å². The van der Waals surface area contributed by atoms with Crippen LogP contribution in [0.5, 0.6) is 0 Å². The van der Waals surface area contributed by atoms with Gasteiger partial charge in [-0.2, -0.15) is 0 Å². The number of esters is 1. The molecule has 0 fully saturated rings. The van der Waals surface area contributed by atoms with E-state index < -0.39 is 12.1 Å². The third kappa shape index (κ3) is 1.95. The fraction of sp³-hybridized carbons (Fsp3) is 0.308. The summed E-state index contributed by atoms with van der Waals surface area (Å²) in [7, 11) is 1.32. The van der Waals surface area contributed by atoms with Gasteiger partial charge in [0.1, 0.15) is 18.0 Å². The van der Waals surface area contributed by atoms with Gasteiger partial charge >= 0.3 is 5.97 Å².